The van der Waals surface area contributed by atoms with Crippen LogP contribution in [0, 0.1) is 5.92 Å². The van der Waals surface area contributed by atoms with Gasteiger partial charge in [0.15, 0.2) is 11.5 Å². The summed E-state index contributed by atoms with van der Waals surface area (Å²) in [6.07, 6.45) is -3.19. The summed E-state index contributed by atoms with van der Waals surface area (Å²) in [5.41, 5.74) is 6.17. The number of alkyl halides is 3. The fourth-order valence-corrected chi connectivity index (χ4v) is 5.48. The highest BCUT2D eigenvalue weighted by molar-refractivity contribution is 6.07. The molecule has 0 bridgehead atoms. The Kier molecular flexibility index (Phi) is 5.70. The van der Waals surface area contributed by atoms with E-state index in [1.54, 1.807) is 31.3 Å². The zero-order chi connectivity index (χ0) is 25.9. The van der Waals surface area contributed by atoms with Crippen molar-refractivity contribution < 1.29 is 32.2 Å². The van der Waals surface area contributed by atoms with E-state index < -0.39 is 11.9 Å². The first-order valence-corrected chi connectivity index (χ1v) is 11.8. The Labute approximate surface area is 207 Å². The van der Waals surface area contributed by atoms with E-state index in [1.807, 2.05) is 13.8 Å². The number of guanidine groups is 1. The van der Waals surface area contributed by atoms with Gasteiger partial charge >= 0.3 is 6.36 Å². The molecule has 1 amide bonds. The Morgan fingerprint density at radius 3 is 2.56 bits per heavy atom. The number of fused-ring (bicyclic) bond motifs is 2. The van der Waals surface area contributed by atoms with E-state index >= 15 is 0 Å². The van der Waals surface area contributed by atoms with Crippen molar-refractivity contribution in [1.82, 2.24) is 4.90 Å². The maximum atomic E-state index is 13.6. The molecule has 0 aliphatic carbocycles. The Morgan fingerprint density at radius 1 is 1.14 bits per heavy atom. The predicted molar refractivity (Wildman–Crippen MR) is 126 cm³/mol. The molecule has 2 aromatic rings. The molecular weight excluding hydrogens is 475 g/mol. The monoisotopic (exact) mass is 503 g/mol. The van der Waals surface area contributed by atoms with Crippen molar-refractivity contribution in [2.75, 3.05) is 13.7 Å². The molecule has 2 aromatic carbocycles. The third-order valence-electron chi connectivity index (χ3n) is 7.17. The number of hydrogen-bond donors (Lipinski definition) is 1. The number of amides is 1. The van der Waals surface area contributed by atoms with Crippen LogP contribution in [0.25, 0.3) is 11.1 Å². The SMILES string of the molecule is CN1C(=O)C2(CC(C3CCOC(C)(C)C3)Oc3ccc(-c4cccc(OC(F)(F)F)c4)cc32)N=C1N. The lowest BCUT2D eigenvalue weighted by Gasteiger charge is -2.44. The fraction of sp³-hybridized carbons (Fsp3) is 0.462. The number of rotatable bonds is 3. The van der Waals surface area contributed by atoms with Crippen LogP contribution in [-0.2, 0) is 15.1 Å². The molecule has 3 aliphatic rings. The van der Waals surface area contributed by atoms with Gasteiger partial charge in [-0.3, -0.25) is 9.69 Å². The molecule has 2 N–H and O–H groups in total. The minimum absolute atomic E-state index is 0.116. The minimum Gasteiger partial charge on any atom is -0.490 e. The number of benzene rings is 2. The van der Waals surface area contributed by atoms with Crippen LogP contribution in [-0.4, -0.2) is 48.5 Å². The third-order valence-corrected chi connectivity index (χ3v) is 7.17. The number of likely N-dealkylation sites (N-methyl/N-ethyl adjacent to an activating group) is 1. The van der Waals surface area contributed by atoms with Crippen LogP contribution in [0.3, 0.4) is 0 Å². The number of hydrogen-bond acceptors (Lipinski definition) is 6. The van der Waals surface area contributed by atoms with Crippen molar-refractivity contribution in [1.29, 1.82) is 0 Å². The molecule has 3 unspecified atom stereocenters. The van der Waals surface area contributed by atoms with Crippen molar-refractivity contribution in [3.63, 3.8) is 0 Å². The second-order valence-corrected chi connectivity index (χ2v) is 10.2. The van der Waals surface area contributed by atoms with Crippen LogP contribution in [0.5, 0.6) is 11.5 Å². The van der Waals surface area contributed by atoms with E-state index in [0.29, 0.717) is 35.5 Å². The van der Waals surface area contributed by atoms with Crippen molar-refractivity contribution in [3.05, 3.63) is 48.0 Å². The second-order valence-electron chi connectivity index (χ2n) is 10.2. The Morgan fingerprint density at radius 2 is 1.89 bits per heavy atom. The standard InChI is InChI=1S/C26H28F3N3O4/c1-24(2)13-17(9-10-34-24)21-14-25(22(33)32(3)23(30)31-25)19-12-16(7-8-20(19)35-21)15-5-4-6-18(11-15)36-26(27,28)29/h4-8,11-12,17,21H,9-10,13-14H2,1-3H3,(H2,30,31). The van der Waals surface area contributed by atoms with Gasteiger partial charge in [0.05, 0.1) is 5.60 Å². The molecule has 0 saturated carbocycles. The second kappa shape index (κ2) is 8.40. The summed E-state index contributed by atoms with van der Waals surface area (Å²) in [6.45, 7) is 4.68. The molecule has 1 saturated heterocycles. The molecule has 3 aliphatic heterocycles. The van der Waals surface area contributed by atoms with Crippen molar-refractivity contribution in [3.8, 4) is 22.6 Å². The molecule has 192 valence electrons. The molecule has 0 radical (unpaired) electrons. The van der Waals surface area contributed by atoms with Gasteiger partial charge in [0, 0.05) is 31.6 Å². The summed E-state index contributed by atoms with van der Waals surface area (Å²) in [5.74, 6) is 0.203. The van der Waals surface area contributed by atoms with Crippen molar-refractivity contribution >= 4 is 11.9 Å². The van der Waals surface area contributed by atoms with Gasteiger partial charge < -0.3 is 19.9 Å². The molecule has 1 fully saturated rings. The summed E-state index contributed by atoms with van der Waals surface area (Å²) in [7, 11) is 1.58. The first kappa shape index (κ1) is 24.4. The van der Waals surface area contributed by atoms with Crippen LogP contribution >= 0.6 is 0 Å². The normalized spacial score (nSPS) is 27.4. The van der Waals surface area contributed by atoms with E-state index in [-0.39, 0.29) is 35.2 Å². The quantitative estimate of drug-likeness (QED) is 0.662. The molecule has 3 heterocycles. The van der Waals surface area contributed by atoms with Gasteiger partial charge in [-0.1, -0.05) is 18.2 Å². The molecule has 7 nitrogen and oxygen atoms in total. The Hall–Kier alpha value is -3.27. The van der Waals surface area contributed by atoms with Crippen LogP contribution < -0.4 is 15.2 Å². The van der Waals surface area contributed by atoms with Gasteiger partial charge in [-0.05, 0) is 62.1 Å². The lowest BCUT2D eigenvalue weighted by atomic mass is 9.74. The number of nitrogens with zero attached hydrogens (tertiary/aromatic N) is 2. The molecule has 5 rings (SSSR count). The van der Waals surface area contributed by atoms with Gasteiger partial charge in [0.1, 0.15) is 17.6 Å². The lowest BCUT2D eigenvalue weighted by Crippen LogP contribution is -2.49. The molecule has 3 atom stereocenters. The maximum absolute atomic E-state index is 13.6. The van der Waals surface area contributed by atoms with Gasteiger partial charge in [0.25, 0.3) is 5.91 Å². The molecule has 10 heteroatoms. The molecule has 0 aromatic heterocycles. The topological polar surface area (TPSA) is 86.4 Å². The zero-order valence-corrected chi connectivity index (χ0v) is 20.3. The van der Waals surface area contributed by atoms with Crippen LogP contribution in [0.1, 0.15) is 38.7 Å². The third kappa shape index (κ3) is 4.38. The first-order valence-electron chi connectivity index (χ1n) is 11.8. The molecule has 36 heavy (non-hydrogen) atoms. The average Bonchev–Trinajstić information content (AvgIpc) is 3.01. The summed E-state index contributed by atoms with van der Waals surface area (Å²) >= 11 is 0. The summed E-state index contributed by atoms with van der Waals surface area (Å²) in [4.78, 5) is 19.6. The highest BCUT2D eigenvalue weighted by atomic mass is 19.4. The predicted octanol–water partition coefficient (Wildman–Crippen LogP) is 4.59. The Bertz CT molecular complexity index is 1230. The largest absolute Gasteiger partial charge is 0.573 e. The van der Waals surface area contributed by atoms with Gasteiger partial charge in [0.2, 0.25) is 0 Å². The first-order chi connectivity index (χ1) is 16.9. The highest BCUT2D eigenvalue weighted by Crippen LogP contribution is 2.50. The van der Waals surface area contributed by atoms with Crippen molar-refractivity contribution in [2.24, 2.45) is 16.6 Å². The van der Waals surface area contributed by atoms with E-state index in [9.17, 15) is 18.0 Å². The number of aliphatic imine (C=N–C) groups is 1. The summed E-state index contributed by atoms with van der Waals surface area (Å²) < 4.78 is 54.6. The van der Waals surface area contributed by atoms with E-state index in [2.05, 4.69) is 9.73 Å². The number of halogens is 3. The van der Waals surface area contributed by atoms with Crippen molar-refractivity contribution in [2.45, 2.75) is 56.7 Å². The maximum Gasteiger partial charge on any atom is 0.573 e. The number of nitrogens with two attached hydrogens (primary N) is 1. The average molecular weight is 504 g/mol. The summed E-state index contributed by atoms with van der Waals surface area (Å²) in [5, 5.41) is 0. The number of carbonyl (C=O) groups is 1. The van der Waals surface area contributed by atoms with Gasteiger partial charge in [-0.25, -0.2) is 4.99 Å². The minimum atomic E-state index is -4.80. The van der Waals surface area contributed by atoms with Crippen LogP contribution in [0.2, 0.25) is 0 Å². The van der Waals surface area contributed by atoms with E-state index in [1.165, 1.54) is 23.1 Å². The number of ether oxygens (including phenoxy) is 3. The number of carbonyl (C=O) groups excluding carboxylic acids is 1. The van der Waals surface area contributed by atoms with E-state index in [0.717, 1.165) is 12.8 Å². The Balaban J connectivity index is 1.56. The van der Waals surface area contributed by atoms with Crippen LogP contribution in [0.4, 0.5) is 13.2 Å². The van der Waals surface area contributed by atoms with E-state index in [4.69, 9.17) is 15.2 Å². The van der Waals surface area contributed by atoms with Gasteiger partial charge in [-0.2, -0.15) is 0 Å². The zero-order valence-electron chi connectivity index (χ0n) is 20.3. The van der Waals surface area contributed by atoms with Crippen LogP contribution in [0.15, 0.2) is 47.5 Å². The summed E-state index contributed by atoms with van der Waals surface area (Å²) in [6, 6.07) is 11.0. The smallest absolute Gasteiger partial charge is 0.490 e. The highest BCUT2D eigenvalue weighted by Gasteiger charge is 2.55. The molecular formula is C26H28F3N3O4. The fourth-order valence-electron chi connectivity index (χ4n) is 5.48. The molecule has 1 spiro atoms. The lowest BCUT2D eigenvalue weighted by molar-refractivity contribution is -0.274. The van der Waals surface area contributed by atoms with Gasteiger partial charge in [-0.15, -0.1) is 13.2 Å².